The SMILES string of the molecule is CN1CCN(Cc2ccncc2F)CC1CCO. The highest BCUT2D eigenvalue weighted by atomic mass is 19.1. The molecule has 1 aromatic heterocycles. The maximum absolute atomic E-state index is 13.5. The number of hydrogen-bond acceptors (Lipinski definition) is 4. The van der Waals surface area contributed by atoms with Gasteiger partial charge in [-0.05, 0) is 19.5 Å². The van der Waals surface area contributed by atoms with Crippen LogP contribution in [0, 0.1) is 5.82 Å². The number of rotatable bonds is 4. The molecule has 1 N–H and O–H groups in total. The van der Waals surface area contributed by atoms with Gasteiger partial charge < -0.3 is 10.0 Å². The Bertz CT molecular complexity index is 388. The molecule has 0 bridgehead atoms. The minimum atomic E-state index is -0.241. The highest BCUT2D eigenvalue weighted by molar-refractivity contribution is 5.12. The Morgan fingerprint density at radius 3 is 3.06 bits per heavy atom. The van der Waals surface area contributed by atoms with Gasteiger partial charge in [-0.25, -0.2) is 4.39 Å². The molecule has 1 atom stereocenters. The van der Waals surface area contributed by atoms with Crippen LogP contribution in [0.25, 0.3) is 0 Å². The first-order valence-corrected chi connectivity index (χ1v) is 6.32. The maximum Gasteiger partial charge on any atom is 0.145 e. The van der Waals surface area contributed by atoms with E-state index in [1.165, 1.54) is 6.20 Å². The molecular weight excluding hydrogens is 233 g/mol. The van der Waals surface area contributed by atoms with Crippen LogP contribution in [0.3, 0.4) is 0 Å². The average Bonchev–Trinajstić information content (AvgIpc) is 2.36. The molecule has 18 heavy (non-hydrogen) atoms. The van der Waals surface area contributed by atoms with Crippen molar-refractivity contribution in [1.82, 2.24) is 14.8 Å². The summed E-state index contributed by atoms with van der Waals surface area (Å²) >= 11 is 0. The first kappa shape index (κ1) is 13.4. The van der Waals surface area contributed by atoms with E-state index in [0.717, 1.165) is 26.1 Å². The number of pyridine rings is 1. The molecule has 5 heteroatoms. The summed E-state index contributed by atoms with van der Waals surface area (Å²) in [7, 11) is 2.07. The number of hydrogen-bond donors (Lipinski definition) is 1. The maximum atomic E-state index is 13.5. The van der Waals surface area contributed by atoms with Crippen molar-refractivity contribution in [3.8, 4) is 0 Å². The lowest BCUT2D eigenvalue weighted by Crippen LogP contribution is -2.51. The quantitative estimate of drug-likeness (QED) is 0.858. The molecule has 0 radical (unpaired) electrons. The van der Waals surface area contributed by atoms with Crippen molar-refractivity contribution in [2.45, 2.75) is 19.0 Å². The largest absolute Gasteiger partial charge is 0.396 e. The number of halogens is 1. The second-order valence-electron chi connectivity index (χ2n) is 4.85. The molecule has 2 rings (SSSR count). The first-order chi connectivity index (χ1) is 8.70. The van der Waals surface area contributed by atoms with Crippen molar-refractivity contribution >= 4 is 0 Å². The van der Waals surface area contributed by atoms with Gasteiger partial charge in [-0.15, -0.1) is 0 Å². The third-order valence-corrected chi connectivity index (χ3v) is 3.57. The summed E-state index contributed by atoms with van der Waals surface area (Å²) in [6.07, 6.45) is 3.65. The third kappa shape index (κ3) is 3.25. The summed E-state index contributed by atoms with van der Waals surface area (Å²) in [5, 5.41) is 9.04. The van der Waals surface area contributed by atoms with Crippen molar-refractivity contribution in [3.63, 3.8) is 0 Å². The van der Waals surface area contributed by atoms with E-state index in [0.29, 0.717) is 18.2 Å². The van der Waals surface area contributed by atoms with Crippen LogP contribution in [0.15, 0.2) is 18.5 Å². The predicted molar refractivity (Wildman–Crippen MR) is 67.6 cm³/mol. The van der Waals surface area contributed by atoms with Crippen LogP contribution >= 0.6 is 0 Å². The van der Waals surface area contributed by atoms with Gasteiger partial charge in [0.15, 0.2) is 0 Å². The van der Waals surface area contributed by atoms with E-state index in [2.05, 4.69) is 21.8 Å². The van der Waals surface area contributed by atoms with E-state index in [1.54, 1.807) is 12.3 Å². The number of aliphatic hydroxyl groups excluding tert-OH is 1. The second-order valence-corrected chi connectivity index (χ2v) is 4.85. The Morgan fingerprint density at radius 2 is 2.33 bits per heavy atom. The van der Waals surface area contributed by atoms with E-state index < -0.39 is 0 Å². The third-order valence-electron chi connectivity index (χ3n) is 3.57. The smallest absolute Gasteiger partial charge is 0.145 e. The predicted octanol–water partition coefficient (Wildman–Crippen LogP) is 0.719. The molecule has 2 heterocycles. The average molecular weight is 253 g/mol. The fourth-order valence-electron chi connectivity index (χ4n) is 2.39. The van der Waals surface area contributed by atoms with Crippen molar-refractivity contribution < 1.29 is 9.50 Å². The fraction of sp³-hybridized carbons (Fsp3) is 0.615. The van der Waals surface area contributed by atoms with Crippen LogP contribution in [0.5, 0.6) is 0 Å². The summed E-state index contributed by atoms with van der Waals surface area (Å²) < 4.78 is 13.5. The van der Waals surface area contributed by atoms with Crippen molar-refractivity contribution in [2.75, 3.05) is 33.3 Å². The van der Waals surface area contributed by atoms with Crippen LogP contribution in [0.2, 0.25) is 0 Å². The van der Waals surface area contributed by atoms with Gasteiger partial charge in [0, 0.05) is 50.6 Å². The molecule has 0 spiro atoms. The number of nitrogens with zero attached hydrogens (tertiary/aromatic N) is 3. The highest BCUT2D eigenvalue weighted by Crippen LogP contribution is 2.15. The topological polar surface area (TPSA) is 39.6 Å². The minimum absolute atomic E-state index is 0.201. The molecule has 1 saturated heterocycles. The molecule has 1 aliphatic heterocycles. The molecule has 1 fully saturated rings. The molecule has 100 valence electrons. The van der Waals surface area contributed by atoms with Gasteiger partial charge in [0.1, 0.15) is 5.82 Å². The van der Waals surface area contributed by atoms with E-state index in [1.807, 2.05) is 0 Å². The molecule has 0 aliphatic carbocycles. The minimum Gasteiger partial charge on any atom is -0.396 e. The van der Waals surface area contributed by atoms with E-state index in [9.17, 15) is 4.39 Å². The van der Waals surface area contributed by atoms with Gasteiger partial charge >= 0.3 is 0 Å². The zero-order valence-corrected chi connectivity index (χ0v) is 10.7. The van der Waals surface area contributed by atoms with Crippen LogP contribution in [0.4, 0.5) is 4.39 Å². The zero-order valence-electron chi connectivity index (χ0n) is 10.7. The Hall–Kier alpha value is -1.04. The molecule has 4 nitrogen and oxygen atoms in total. The van der Waals surface area contributed by atoms with E-state index >= 15 is 0 Å². The van der Waals surface area contributed by atoms with Crippen molar-refractivity contribution in [3.05, 3.63) is 29.8 Å². The second kappa shape index (κ2) is 6.22. The van der Waals surface area contributed by atoms with E-state index in [-0.39, 0.29) is 12.4 Å². The van der Waals surface area contributed by atoms with Crippen LogP contribution in [-0.2, 0) is 6.54 Å². The standard InChI is InChI=1S/C13H20FN3O/c1-16-5-6-17(10-12(16)3-7-18)9-11-2-4-15-8-13(11)14/h2,4,8,12,18H,3,5-7,9-10H2,1H3. The lowest BCUT2D eigenvalue weighted by molar-refractivity contribution is 0.0736. The summed E-state index contributed by atoms with van der Waals surface area (Å²) in [6, 6.07) is 2.09. The number of piperazine rings is 1. The van der Waals surface area contributed by atoms with E-state index in [4.69, 9.17) is 5.11 Å². The number of likely N-dealkylation sites (N-methyl/N-ethyl adjacent to an activating group) is 1. The molecule has 1 unspecified atom stereocenters. The summed E-state index contributed by atoms with van der Waals surface area (Å²) in [5.74, 6) is -0.241. The lowest BCUT2D eigenvalue weighted by atomic mass is 10.1. The highest BCUT2D eigenvalue weighted by Gasteiger charge is 2.24. The molecular formula is C13H20FN3O. The van der Waals surface area contributed by atoms with Gasteiger partial charge in [-0.2, -0.15) is 0 Å². The van der Waals surface area contributed by atoms with Gasteiger partial charge in [0.25, 0.3) is 0 Å². The fourth-order valence-corrected chi connectivity index (χ4v) is 2.39. The zero-order chi connectivity index (χ0) is 13.0. The van der Waals surface area contributed by atoms with Crippen LogP contribution < -0.4 is 0 Å². The van der Waals surface area contributed by atoms with Gasteiger partial charge in [0.2, 0.25) is 0 Å². The Kier molecular flexibility index (Phi) is 4.63. The Morgan fingerprint density at radius 1 is 1.50 bits per heavy atom. The Labute approximate surface area is 107 Å². The van der Waals surface area contributed by atoms with Gasteiger partial charge in [-0.1, -0.05) is 0 Å². The number of aromatic nitrogens is 1. The molecule has 0 saturated carbocycles. The summed E-state index contributed by atoms with van der Waals surface area (Å²) in [4.78, 5) is 8.25. The number of aliphatic hydroxyl groups is 1. The van der Waals surface area contributed by atoms with Crippen molar-refractivity contribution in [2.24, 2.45) is 0 Å². The van der Waals surface area contributed by atoms with Gasteiger partial charge in [-0.3, -0.25) is 9.88 Å². The van der Waals surface area contributed by atoms with Crippen LogP contribution in [0.1, 0.15) is 12.0 Å². The van der Waals surface area contributed by atoms with Gasteiger partial charge in [0.05, 0.1) is 6.20 Å². The summed E-state index contributed by atoms with van der Waals surface area (Å²) in [5.41, 5.74) is 0.692. The summed E-state index contributed by atoms with van der Waals surface area (Å²) in [6.45, 7) is 3.58. The molecule has 0 aromatic carbocycles. The van der Waals surface area contributed by atoms with Crippen LogP contribution in [-0.4, -0.2) is 59.2 Å². The van der Waals surface area contributed by atoms with Crippen molar-refractivity contribution in [1.29, 1.82) is 0 Å². The first-order valence-electron chi connectivity index (χ1n) is 6.32. The molecule has 1 aromatic rings. The Balaban J connectivity index is 1.96. The monoisotopic (exact) mass is 253 g/mol. The molecule has 1 aliphatic rings. The molecule has 0 amide bonds. The lowest BCUT2D eigenvalue weighted by Gasteiger charge is -2.39. The normalized spacial score (nSPS) is 22.3.